The van der Waals surface area contributed by atoms with Crippen LogP contribution < -0.4 is 4.90 Å². The molecular formula is C17H21N3OS. The molecule has 0 radical (unpaired) electrons. The molecule has 0 unspecified atom stereocenters. The lowest BCUT2D eigenvalue weighted by Crippen LogP contribution is -2.27. The molecule has 1 aromatic carbocycles. The van der Waals surface area contributed by atoms with E-state index in [9.17, 15) is 4.79 Å². The number of nitrogens with zero attached hydrogens (tertiary/aromatic N) is 3. The third-order valence-electron chi connectivity index (χ3n) is 4.01. The molecule has 22 heavy (non-hydrogen) atoms. The first-order chi connectivity index (χ1) is 10.7. The highest BCUT2D eigenvalue weighted by atomic mass is 32.1. The van der Waals surface area contributed by atoms with Crippen LogP contribution in [0.15, 0.2) is 35.7 Å². The van der Waals surface area contributed by atoms with Crippen LogP contribution in [0.4, 0.5) is 5.69 Å². The highest BCUT2D eigenvalue weighted by Gasteiger charge is 2.16. The lowest BCUT2D eigenvalue weighted by molar-refractivity contribution is -0.117. The van der Waals surface area contributed by atoms with Gasteiger partial charge in [0.2, 0.25) is 5.91 Å². The SMILES string of the molecule is CN(C(=O)Cc1csc(CN2CCCC2)n1)c1ccccc1. The number of thiazole rings is 1. The van der Waals surface area contributed by atoms with Crippen molar-refractivity contribution in [1.82, 2.24) is 9.88 Å². The van der Waals surface area contributed by atoms with Crippen molar-refractivity contribution in [3.8, 4) is 0 Å². The Kier molecular flexibility index (Phi) is 4.85. The van der Waals surface area contributed by atoms with Crippen LogP contribution in [0.5, 0.6) is 0 Å². The second-order valence-electron chi connectivity index (χ2n) is 5.68. The van der Waals surface area contributed by atoms with Gasteiger partial charge < -0.3 is 4.90 Å². The largest absolute Gasteiger partial charge is 0.315 e. The van der Waals surface area contributed by atoms with Gasteiger partial charge in [0.15, 0.2) is 0 Å². The average Bonchev–Trinajstić information content (AvgIpc) is 3.20. The molecule has 2 aromatic rings. The molecule has 0 aliphatic carbocycles. The highest BCUT2D eigenvalue weighted by molar-refractivity contribution is 7.09. The van der Waals surface area contributed by atoms with Crippen LogP contribution >= 0.6 is 11.3 Å². The molecule has 0 bridgehead atoms. The van der Waals surface area contributed by atoms with E-state index in [2.05, 4.69) is 9.88 Å². The van der Waals surface area contributed by atoms with Crippen molar-refractivity contribution in [3.63, 3.8) is 0 Å². The first-order valence-corrected chi connectivity index (χ1v) is 8.57. The lowest BCUT2D eigenvalue weighted by Gasteiger charge is -2.16. The summed E-state index contributed by atoms with van der Waals surface area (Å²) >= 11 is 1.66. The Labute approximate surface area is 135 Å². The van der Waals surface area contributed by atoms with Gasteiger partial charge in [-0.1, -0.05) is 18.2 Å². The zero-order valence-corrected chi connectivity index (χ0v) is 13.7. The van der Waals surface area contributed by atoms with E-state index < -0.39 is 0 Å². The van der Waals surface area contributed by atoms with Crippen molar-refractivity contribution in [2.24, 2.45) is 0 Å². The molecule has 0 N–H and O–H groups in total. The molecular weight excluding hydrogens is 294 g/mol. The second kappa shape index (κ2) is 7.03. The molecule has 1 amide bonds. The Morgan fingerprint density at radius 3 is 2.73 bits per heavy atom. The monoisotopic (exact) mass is 315 g/mol. The standard InChI is InChI=1S/C17H21N3OS/c1-19(15-7-3-2-4-8-15)17(21)11-14-13-22-16(18-14)12-20-9-5-6-10-20/h2-4,7-8,13H,5-6,9-12H2,1H3. The predicted molar refractivity (Wildman–Crippen MR) is 90.2 cm³/mol. The fourth-order valence-electron chi connectivity index (χ4n) is 2.70. The normalized spacial score (nSPS) is 15.1. The van der Waals surface area contributed by atoms with E-state index in [1.54, 1.807) is 16.2 Å². The van der Waals surface area contributed by atoms with Crippen molar-refractivity contribution in [1.29, 1.82) is 0 Å². The van der Waals surface area contributed by atoms with Gasteiger partial charge in [-0.15, -0.1) is 11.3 Å². The summed E-state index contributed by atoms with van der Waals surface area (Å²) in [6.45, 7) is 3.27. The molecule has 1 fully saturated rings. The van der Waals surface area contributed by atoms with Gasteiger partial charge in [-0.05, 0) is 38.1 Å². The number of carbonyl (C=O) groups excluding carboxylic acids is 1. The third kappa shape index (κ3) is 3.72. The summed E-state index contributed by atoms with van der Waals surface area (Å²) in [5.41, 5.74) is 1.80. The number of para-hydroxylation sites is 1. The number of hydrogen-bond donors (Lipinski definition) is 0. The Bertz CT molecular complexity index is 620. The number of hydrogen-bond acceptors (Lipinski definition) is 4. The molecule has 2 heterocycles. The maximum Gasteiger partial charge on any atom is 0.232 e. The van der Waals surface area contributed by atoms with E-state index in [4.69, 9.17) is 0 Å². The van der Waals surface area contributed by atoms with Gasteiger partial charge in [-0.3, -0.25) is 9.69 Å². The zero-order chi connectivity index (χ0) is 15.4. The van der Waals surface area contributed by atoms with Crippen molar-refractivity contribution in [2.75, 3.05) is 25.0 Å². The molecule has 1 aromatic heterocycles. The van der Waals surface area contributed by atoms with Gasteiger partial charge in [0.05, 0.1) is 18.7 Å². The van der Waals surface area contributed by atoms with E-state index in [0.717, 1.165) is 22.9 Å². The predicted octanol–water partition coefficient (Wildman–Crippen LogP) is 2.94. The van der Waals surface area contributed by atoms with Crippen LogP contribution in [-0.4, -0.2) is 35.9 Å². The van der Waals surface area contributed by atoms with Gasteiger partial charge in [0.25, 0.3) is 0 Å². The molecule has 116 valence electrons. The minimum absolute atomic E-state index is 0.0734. The topological polar surface area (TPSA) is 36.4 Å². The van der Waals surface area contributed by atoms with Crippen molar-refractivity contribution in [3.05, 3.63) is 46.4 Å². The minimum atomic E-state index is 0.0734. The van der Waals surface area contributed by atoms with E-state index in [1.807, 2.05) is 42.8 Å². The van der Waals surface area contributed by atoms with Crippen LogP contribution in [-0.2, 0) is 17.8 Å². The number of aromatic nitrogens is 1. The molecule has 0 saturated carbocycles. The fourth-order valence-corrected chi connectivity index (χ4v) is 3.54. The maximum atomic E-state index is 12.3. The Hall–Kier alpha value is -1.72. The summed E-state index contributed by atoms with van der Waals surface area (Å²) < 4.78 is 0. The quantitative estimate of drug-likeness (QED) is 0.851. The van der Waals surface area contributed by atoms with Crippen LogP contribution in [0.2, 0.25) is 0 Å². The number of rotatable bonds is 5. The van der Waals surface area contributed by atoms with Gasteiger partial charge >= 0.3 is 0 Å². The highest BCUT2D eigenvalue weighted by Crippen LogP contribution is 2.18. The summed E-state index contributed by atoms with van der Waals surface area (Å²) in [6.07, 6.45) is 2.94. The molecule has 1 aliphatic rings. The van der Waals surface area contributed by atoms with Crippen LogP contribution in [0.25, 0.3) is 0 Å². The maximum absolute atomic E-state index is 12.3. The van der Waals surface area contributed by atoms with Gasteiger partial charge in [0, 0.05) is 18.1 Å². The molecule has 4 nitrogen and oxygen atoms in total. The summed E-state index contributed by atoms with van der Waals surface area (Å²) in [5.74, 6) is 0.0734. The molecule has 3 rings (SSSR count). The average molecular weight is 315 g/mol. The van der Waals surface area contributed by atoms with Crippen LogP contribution in [0, 0.1) is 0 Å². The third-order valence-corrected chi connectivity index (χ3v) is 4.89. The summed E-state index contributed by atoms with van der Waals surface area (Å²) in [5, 5.41) is 3.13. The van der Waals surface area contributed by atoms with E-state index in [0.29, 0.717) is 6.42 Å². The smallest absolute Gasteiger partial charge is 0.232 e. The zero-order valence-electron chi connectivity index (χ0n) is 12.9. The fraction of sp³-hybridized carbons (Fsp3) is 0.412. The summed E-state index contributed by atoms with van der Waals surface area (Å²) in [4.78, 5) is 21.1. The molecule has 1 aliphatic heterocycles. The first-order valence-electron chi connectivity index (χ1n) is 7.69. The first kappa shape index (κ1) is 15.2. The second-order valence-corrected chi connectivity index (χ2v) is 6.62. The summed E-state index contributed by atoms with van der Waals surface area (Å²) in [6, 6.07) is 9.72. The minimum Gasteiger partial charge on any atom is -0.315 e. The van der Waals surface area contributed by atoms with Crippen molar-refractivity contribution >= 4 is 22.9 Å². The number of carbonyl (C=O) groups is 1. The number of likely N-dealkylation sites (N-methyl/N-ethyl adjacent to an activating group) is 1. The molecule has 0 spiro atoms. The van der Waals surface area contributed by atoms with Crippen LogP contribution in [0.1, 0.15) is 23.5 Å². The number of anilines is 1. The lowest BCUT2D eigenvalue weighted by atomic mass is 10.2. The van der Waals surface area contributed by atoms with Gasteiger partial charge in [0.1, 0.15) is 5.01 Å². The van der Waals surface area contributed by atoms with Crippen LogP contribution in [0.3, 0.4) is 0 Å². The number of benzene rings is 1. The number of amides is 1. The molecule has 5 heteroatoms. The Morgan fingerprint density at radius 2 is 2.00 bits per heavy atom. The number of likely N-dealkylation sites (tertiary alicyclic amines) is 1. The van der Waals surface area contributed by atoms with Crippen molar-refractivity contribution in [2.45, 2.75) is 25.8 Å². The summed E-state index contributed by atoms with van der Waals surface area (Å²) in [7, 11) is 1.81. The Morgan fingerprint density at radius 1 is 1.27 bits per heavy atom. The van der Waals surface area contributed by atoms with Gasteiger partial charge in [-0.2, -0.15) is 0 Å². The van der Waals surface area contributed by atoms with Crippen molar-refractivity contribution < 1.29 is 4.79 Å². The van der Waals surface area contributed by atoms with E-state index in [-0.39, 0.29) is 5.91 Å². The van der Waals surface area contributed by atoms with Gasteiger partial charge in [-0.25, -0.2) is 4.98 Å². The van der Waals surface area contributed by atoms with E-state index in [1.165, 1.54) is 25.9 Å². The van der Waals surface area contributed by atoms with E-state index >= 15 is 0 Å². The Balaban J connectivity index is 1.58. The molecule has 0 atom stereocenters. The molecule has 1 saturated heterocycles.